The number of imidazole rings is 1. The van der Waals surface area contributed by atoms with E-state index in [0.717, 1.165) is 12.5 Å². The van der Waals surface area contributed by atoms with Crippen molar-refractivity contribution >= 4 is 29.0 Å². The molecular formula is C18H16ClF2N5O2. The molecule has 28 heavy (non-hydrogen) atoms. The number of carbonyl (C=O) groups is 1. The summed E-state index contributed by atoms with van der Waals surface area (Å²) in [5.41, 5.74) is 0.413. The molecule has 4 rings (SSSR count). The van der Waals surface area contributed by atoms with Crippen molar-refractivity contribution < 1.29 is 18.3 Å². The van der Waals surface area contributed by atoms with Crippen LogP contribution in [0.5, 0.6) is 0 Å². The predicted octanol–water partition coefficient (Wildman–Crippen LogP) is 2.89. The van der Waals surface area contributed by atoms with E-state index in [1.54, 1.807) is 6.07 Å². The number of amides is 1. The summed E-state index contributed by atoms with van der Waals surface area (Å²) in [5.74, 6) is -2.38. The number of carbonyl (C=O) groups excluding carboxylic acids is 1. The SMILES string of the molecule is CNC(=O)c1cc(F)c(F)c(-c2cnc3cc(Cl)c(N[C@H]4CCOC4)nn23)c1. The first-order chi connectivity index (χ1) is 13.5. The van der Waals surface area contributed by atoms with Crippen molar-refractivity contribution in [2.45, 2.75) is 12.5 Å². The quantitative estimate of drug-likeness (QED) is 0.695. The highest BCUT2D eigenvalue weighted by Crippen LogP contribution is 2.29. The van der Waals surface area contributed by atoms with E-state index in [-0.39, 0.29) is 22.9 Å². The van der Waals surface area contributed by atoms with Gasteiger partial charge < -0.3 is 15.4 Å². The zero-order valence-corrected chi connectivity index (χ0v) is 15.6. The molecule has 0 unspecified atom stereocenters. The maximum atomic E-state index is 14.5. The molecule has 0 saturated carbocycles. The third-order valence-corrected chi connectivity index (χ3v) is 4.80. The number of fused-ring (bicyclic) bond motifs is 1. The fourth-order valence-electron chi connectivity index (χ4n) is 3.07. The Morgan fingerprint density at radius 3 is 2.89 bits per heavy atom. The fraction of sp³-hybridized carbons (Fsp3) is 0.278. The highest BCUT2D eigenvalue weighted by molar-refractivity contribution is 6.33. The van der Waals surface area contributed by atoms with E-state index in [0.29, 0.717) is 29.7 Å². The fourth-order valence-corrected chi connectivity index (χ4v) is 3.26. The zero-order chi connectivity index (χ0) is 19.8. The molecule has 1 fully saturated rings. The van der Waals surface area contributed by atoms with E-state index < -0.39 is 17.5 Å². The normalized spacial score (nSPS) is 16.5. The summed E-state index contributed by atoms with van der Waals surface area (Å²) < 4.78 is 35.3. The van der Waals surface area contributed by atoms with Gasteiger partial charge in [-0.2, -0.15) is 0 Å². The Hall–Kier alpha value is -2.78. The molecule has 1 atom stereocenters. The smallest absolute Gasteiger partial charge is 0.251 e. The monoisotopic (exact) mass is 407 g/mol. The second-order valence-electron chi connectivity index (χ2n) is 6.36. The van der Waals surface area contributed by atoms with E-state index in [1.165, 1.54) is 23.8 Å². The van der Waals surface area contributed by atoms with Crippen LogP contribution in [-0.4, -0.2) is 46.8 Å². The first-order valence-corrected chi connectivity index (χ1v) is 8.95. The van der Waals surface area contributed by atoms with E-state index in [1.807, 2.05) is 0 Å². The van der Waals surface area contributed by atoms with Crippen molar-refractivity contribution in [2.24, 2.45) is 0 Å². The lowest BCUT2D eigenvalue weighted by Gasteiger charge is -2.13. The van der Waals surface area contributed by atoms with Gasteiger partial charge in [0.2, 0.25) is 0 Å². The Bertz CT molecular complexity index is 1070. The molecule has 2 N–H and O–H groups in total. The highest BCUT2D eigenvalue weighted by atomic mass is 35.5. The van der Waals surface area contributed by atoms with Crippen molar-refractivity contribution in [3.63, 3.8) is 0 Å². The van der Waals surface area contributed by atoms with Crippen molar-refractivity contribution in [1.29, 1.82) is 0 Å². The number of benzene rings is 1. The molecule has 3 aromatic rings. The lowest BCUT2D eigenvalue weighted by molar-refractivity contribution is 0.0962. The molecule has 0 bridgehead atoms. The maximum Gasteiger partial charge on any atom is 0.251 e. The minimum Gasteiger partial charge on any atom is -0.379 e. The van der Waals surface area contributed by atoms with Crippen LogP contribution in [0.4, 0.5) is 14.6 Å². The summed E-state index contributed by atoms with van der Waals surface area (Å²) in [7, 11) is 1.41. The molecule has 1 amide bonds. The Labute approximate surface area is 163 Å². The average Bonchev–Trinajstić information content (AvgIpc) is 3.33. The van der Waals surface area contributed by atoms with Gasteiger partial charge in [-0.25, -0.2) is 18.3 Å². The molecule has 2 aromatic heterocycles. The van der Waals surface area contributed by atoms with Crippen molar-refractivity contribution in [1.82, 2.24) is 19.9 Å². The largest absolute Gasteiger partial charge is 0.379 e. The number of rotatable bonds is 4. The Kier molecular flexibility index (Phi) is 4.86. The average molecular weight is 408 g/mol. The predicted molar refractivity (Wildman–Crippen MR) is 99.6 cm³/mol. The number of anilines is 1. The van der Waals surface area contributed by atoms with E-state index >= 15 is 0 Å². The van der Waals surface area contributed by atoms with Crippen LogP contribution >= 0.6 is 11.6 Å². The molecule has 0 aliphatic carbocycles. The molecule has 0 spiro atoms. The molecule has 1 aliphatic rings. The number of nitrogens with one attached hydrogen (secondary N) is 2. The van der Waals surface area contributed by atoms with Gasteiger partial charge in [0.1, 0.15) is 0 Å². The second kappa shape index (κ2) is 7.33. The number of ether oxygens (including phenoxy) is 1. The second-order valence-corrected chi connectivity index (χ2v) is 6.77. The van der Waals surface area contributed by atoms with Gasteiger partial charge in [-0.05, 0) is 18.6 Å². The molecule has 1 aliphatic heterocycles. The summed E-state index contributed by atoms with van der Waals surface area (Å²) in [5, 5.41) is 10.3. The summed E-state index contributed by atoms with van der Waals surface area (Å²) in [6.45, 7) is 1.17. The number of halogens is 3. The summed E-state index contributed by atoms with van der Waals surface area (Å²) in [4.78, 5) is 16.0. The Morgan fingerprint density at radius 1 is 1.36 bits per heavy atom. The van der Waals surface area contributed by atoms with Crippen LogP contribution < -0.4 is 10.6 Å². The van der Waals surface area contributed by atoms with Crippen LogP contribution in [0.25, 0.3) is 16.9 Å². The van der Waals surface area contributed by atoms with Gasteiger partial charge in [-0.15, -0.1) is 5.10 Å². The molecule has 3 heterocycles. The van der Waals surface area contributed by atoms with Crippen LogP contribution in [0.15, 0.2) is 24.4 Å². The highest BCUT2D eigenvalue weighted by Gasteiger charge is 2.21. The van der Waals surface area contributed by atoms with Crippen molar-refractivity contribution in [3.8, 4) is 11.3 Å². The van der Waals surface area contributed by atoms with Gasteiger partial charge in [0.15, 0.2) is 23.1 Å². The zero-order valence-electron chi connectivity index (χ0n) is 14.8. The summed E-state index contributed by atoms with van der Waals surface area (Å²) in [6.07, 6.45) is 2.16. The molecule has 146 valence electrons. The third-order valence-electron chi connectivity index (χ3n) is 4.51. The lowest BCUT2D eigenvalue weighted by atomic mass is 10.1. The number of hydrogen-bond donors (Lipinski definition) is 2. The minimum absolute atomic E-state index is 0.0123. The maximum absolute atomic E-state index is 14.5. The number of aromatic nitrogens is 3. The molecule has 1 aromatic carbocycles. The van der Waals surface area contributed by atoms with Gasteiger partial charge in [0.25, 0.3) is 5.91 Å². The van der Waals surface area contributed by atoms with Gasteiger partial charge in [0.05, 0.1) is 29.6 Å². The standard InChI is InChI=1S/C18H16ClF2N5O2/c1-22-18(27)9-4-11(16(21)13(20)5-9)14-7-23-15-6-12(19)17(25-26(14)15)24-10-2-3-28-8-10/h4-7,10H,2-3,8H2,1H3,(H,22,27)(H,24,25)/t10-/m0/s1. The molecule has 1 saturated heterocycles. The van der Waals surface area contributed by atoms with Crippen molar-refractivity contribution in [3.05, 3.63) is 46.6 Å². The third kappa shape index (κ3) is 3.27. The molecular weight excluding hydrogens is 392 g/mol. The first-order valence-electron chi connectivity index (χ1n) is 8.58. The van der Waals surface area contributed by atoms with Crippen LogP contribution in [-0.2, 0) is 4.74 Å². The van der Waals surface area contributed by atoms with Crippen LogP contribution in [0.2, 0.25) is 5.02 Å². The van der Waals surface area contributed by atoms with Gasteiger partial charge in [0, 0.05) is 30.8 Å². The first kappa shape index (κ1) is 18.6. The van der Waals surface area contributed by atoms with Gasteiger partial charge in [-0.3, -0.25) is 4.79 Å². The van der Waals surface area contributed by atoms with Crippen LogP contribution in [0.3, 0.4) is 0 Å². The van der Waals surface area contributed by atoms with Gasteiger partial charge in [-0.1, -0.05) is 11.6 Å². The molecule has 10 heteroatoms. The van der Waals surface area contributed by atoms with Crippen LogP contribution in [0.1, 0.15) is 16.8 Å². The van der Waals surface area contributed by atoms with E-state index in [4.69, 9.17) is 16.3 Å². The summed E-state index contributed by atoms with van der Waals surface area (Å²) in [6, 6.07) is 3.74. The Morgan fingerprint density at radius 2 is 2.18 bits per heavy atom. The van der Waals surface area contributed by atoms with Gasteiger partial charge >= 0.3 is 0 Å². The molecule has 0 radical (unpaired) electrons. The van der Waals surface area contributed by atoms with Crippen LogP contribution in [0, 0.1) is 11.6 Å². The number of hydrogen-bond acceptors (Lipinski definition) is 5. The topological polar surface area (TPSA) is 80.5 Å². The minimum atomic E-state index is -1.14. The lowest BCUT2D eigenvalue weighted by Crippen LogP contribution is -2.20. The van der Waals surface area contributed by atoms with Crippen molar-refractivity contribution in [2.75, 3.05) is 25.6 Å². The number of nitrogens with zero attached hydrogens (tertiary/aromatic N) is 3. The van der Waals surface area contributed by atoms with E-state index in [2.05, 4.69) is 20.7 Å². The molecule has 7 nitrogen and oxygen atoms in total. The Balaban J connectivity index is 1.83. The van der Waals surface area contributed by atoms with E-state index in [9.17, 15) is 13.6 Å². The summed E-state index contributed by atoms with van der Waals surface area (Å²) >= 11 is 6.27.